The first-order valence-electron chi connectivity index (χ1n) is 7.01. The smallest absolute Gasteiger partial charge is 0.124 e. The summed E-state index contributed by atoms with van der Waals surface area (Å²) in [5.74, 6) is 1.00. The van der Waals surface area contributed by atoms with Crippen LogP contribution >= 0.6 is 0 Å². The molecule has 1 atom stereocenters. The fraction of sp³-hybridized carbons (Fsp3) is 0.625. The van der Waals surface area contributed by atoms with Gasteiger partial charge in [0.15, 0.2) is 0 Å². The highest BCUT2D eigenvalue weighted by Gasteiger charge is 2.19. The summed E-state index contributed by atoms with van der Waals surface area (Å²) < 4.78 is 6.14. The molecule has 1 aromatic carbocycles. The van der Waals surface area contributed by atoms with Crippen LogP contribution in [-0.4, -0.2) is 12.1 Å². The molecule has 18 heavy (non-hydrogen) atoms. The van der Waals surface area contributed by atoms with Gasteiger partial charge in [0.2, 0.25) is 0 Å². The van der Waals surface area contributed by atoms with Gasteiger partial charge in [-0.1, -0.05) is 32.0 Å². The van der Waals surface area contributed by atoms with Gasteiger partial charge < -0.3 is 10.1 Å². The fourth-order valence-corrected chi connectivity index (χ4v) is 1.77. The van der Waals surface area contributed by atoms with Crippen molar-refractivity contribution in [3.8, 4) is 5.75 Å². The molecule has 1 unspecified atom stereocenters. The molecule has 1 aromatic rings. The molecule has 0 amide bonds. The molecule has 1 rings (SSSR count). The lowest BCUT2D eigenvalue weighted by Gasteiger charge is -2.28. The van der Waals surface area contributed by atoms with E-state index in [1.165, 1.54) is 5.56 Å². The van der Waals surface area contributed by atoms with Gasteiger partial charge in [-0.2, -0.15) is 0 Å². The van der Waals surface area contributed by atoms with Crippen molar-refractivity contribution in [2.75, 3.05) is 6.54 Å². The summed E-state index contributed by atoms with van der Waals surface area (Å²) in [7, 11) is 0. The predicted octanol–water partition coefficient (Wildman–Crippen LogP) is 4.31. The third-order valence-corrected chi connectivity index (χ3v) is 3.32. The number of hydrogen-bond acceptors (Lipinski definition) is 2. The van der Waals surface area contributed by atoms with Crippen LogP contribution in [0.2, 0.25) is 0 Å². The monoisotopic (exact) mass is 249 g/mol. The summed E-state index contributed by atoms with van der Waals surface area (Å²) in [4.78, 5) is 0. The number of para-hydroxylation sites is 1. The Balaban J connectivity index is 2.85. The van der Waals surface area contributed by atoms with E-state index < -0.39 is 0 Å². The number of ether oxygens (including phenoxy) is 1. The molecule has 0 saturated carbocycles. The molecule has 0 radical (unpaired) electrons. The summed E-state index contributed by atoms with van der Waals surface area (Å²) in [6.45, 7) is 11.8. The van der Waals surface area contributed by atoms with Crippen molar-refractivity contribution < 1.29 is 4.74 Å². The molecular formula is C16H27NO. The molecule has 0 aliphatic carbocycles. The highest BCUT2D eigenvalue weighted by Crippen LogP contribution is 2.29. The average molecular weight is 249 g/mol. The molecule has 0 saturated heterocycles. The van der Waals surface area contributed by atoms with Crippen LogP contribution in [0.3, 0.4) is 0 Å². The third kappa shape index (κ3) is 4.34. The largest absolute Gasteiger partial charge is 0.488 e. The van der Waals surface area contributed by atoms with Gasteiger partial charge in [-0.25, -0.2) is 0 Å². The first-order chi connectivity index (χ1) is 8.50. The fourth-order valence-electron chi connectivity index (χ4n) is 1.77. The molecule has 2 heteroatoms. The van der Waals surface area contributed by atoms with Crippen LogP contribution in [0.25, 0.3) is 0 Å². The molecule has 2 nitrogen and oxygen atoms in total. The van der Waals surface area contributed by atoms with Gasteiger partial charge in [-0.15, -0.1) is 0 Å². The Labute approximate surface area is 112 Å². The summed E-state index contributed by atoms with van der Waals surface area (Å²) in [6.07, 6.45) is 2.14. The topological polar surface area (TPSA) is 21.3 Å². The van der Waals surface area contributed by atoms with Gasteiger partial charge in [0.05, 0.1) is 0 Å². The van der Waals surface area contributed by atoms with E-state index in [9.17, 15) is 0 Å². The zero-order valence-corrected chi connectivity index (χ0v) is 12.4. The normalized spacial score (nSPS) is 13.4. The Morgan fingerprint density at radius 3 is 2.50 bits per heavy atom. The highest BCUT2D eigenvalue weighted by molar-refractivity contribution is 5.36. The zero-order chi connectivity index (χ0) is 13.6. The maximum absolute atomic E-state index is 6.14. The first-order valence-corrected chi connectivity index (χ1v) is 7.01. The van der Waals surface area contributed by atoms with Crippen molar-refractivity contribution in [3.05, 3.63) is 29.8 Å². The molecule has 0 fully saturated rings. The highest BCUT2D eigenvalue weighted by atomic mass is 16.5. The van der Waals surface area contributed by atoms with Crippen LogP contribution in [0.15, 0.2) is 24.3 Å². The lowest BCUT2D eigenvalue weighted by atomic mass is 10.0. The van der Waals surface area contributed by atoms with E-state index in [0.717, 1.165) is 25.1 Å². The second kappa shape index (κ2) is 6.79. The van der Waals surface area contributed by atoms with Crippen LogP contribution in [0.5, 0.6) is 5.75 Å². The van der Waals surface area contributed by atoms with Crippen LogP contribution in [-0.2, 0) is 0 Å². The molecule has 0 bridgehead atoms. The Kier molecular flexibility index (Phi) is 5.67. The van der Waals surface area contributed by atoms with Crippen LogP contribution in [0.1, 0.15) is 59.1 Å². The maximum atomic E-state index is 6.14. The lowest BCUT2D eigenvalue weighted by Crippen LogP contribution is -2.28. The van der Waals surface area contributed by atoms with Crippen LogP contribution in [0.4, 0.5) is 0 Å². The second-order valence-electron chi connectivity index (χ2n) is 5.43. The van der Waals surface area contributed by atoms with Crippen molar-refractivity contribution in [2.24, 2.45) is 0 Å². The van der Waals surface area contributed by atoms with Crippen molar-refractivity contribution in [1.82, 2.24) is 5.32 Å². The molecule has 1 N–H and O–H groups in total. The molecule has 0 spiro atoms. The van der Waals surface area contributed by atoms with Crippen molar-refractivity contribution in [1.29, 1.82) is 0 Å². The Morgan fingerprint density at radius 1 is 1.22 bits per heavy atom. The summed E-state index contributed by atoms with van der Waals surface area (Å²) >= 11 is 0. The van der Waals surface area contributed by atoms with Gasteiger partial charge in [-0.05, 0) is 46.2 Å². The predicted molar refractivity (Wildman–Crippen MR) is 78.1 cm³/mol. The van der Waals surface area contributed by atoms with Gasteiger partial charge in [0, 0.05) is 11.6 Å². The minimum Gasteiger partial charge on any atom is -0.488 e. The molecule has 0 aromatic heterocycles. The minimum atomic E-state index is -0.111. The molecular weight excluding hydrogens is 222 g/mol. The Hall–Kier alpha value is -1.02. The van der Waals surface area contributed by atoms with E-state index in [1.54, 1.807) is 0 Å². The average Bonchev–Trinajstić information content (AvgIpc) is 2.36. The second-order valence-corrected chi connectivity index (χ2v) is 5.43. The summed E-state index contributed by atoms with van der Waals surface area (Å²) in [5, 5.41) is 3.51. The van der Waals surface area contributed by atoms with Gasteiger partial charge in [-0.3, -0.25) is 0 Å². The number of nitrogens with one attached hydrogen (secondary N) is 1. The Bertz CT molecular complexity index is 360. The number of rotatable bonds is 7. The number of benzene rings is 1. The first kappa shape index (κ1) is 15.0. The molecule has 102 valence electrons. The van der Waals surface area contributed by atoms with E-state index >= 15 is 0 Å². The molecule has 0 aliphatic rings. The van der Waals surface area contributed by atoms with E-state index in [0.29, 0.717) is 6.04 Å². The van der Waals surface area contributed by atoms with Gasteiger partial charge >= 0.3 is 0 Å². The van der Waals surface area contributed by atoms with E-state index in [-0.39, 0.29) is 5.60 Å². The standard InChI is InChI=1S/C16H27NO/c1-6-12-17-13(3)14-10-8-9-11-15(14)18-16(4,5)7-2/h8-11,13,17H,6-7,12H2,1-5H3. The molecule has 0 aliphatic heterocycles. The van der Waals surface area contributed by atoms with Crippen molar-refractivity contribution >= 4 is 0 Å². The van der Waals surface area contributed by atoms with Gasteiger partial charge in [0.1, 0.15) is 11.4 Å². The van der Waals surface area contributed by atoms with Crippen LogP contribution < -0.4 is 10.1 Å². The SMILES string of the molecule is CCCNC(C)c1ccccc1OC(C)(C)CC. The lowest BCUT2D eigenvalue weighted by molar-refractivity contribution is 0.103. The van der Waals surface area contributed by atoms with Crippen molar-refractivity contribution in [3.63, 3.8) is 0 Å². The van der Waals surface area contributed by atoms with Crippen LogP contribution in [0, 0.1) is 0 Å². The summed E-state index contributed by atoms with van der Waals surface area (Å²) in [5.41, 5.74) is 1.13. The van der Waals surface area contributed by atoms with E-state index in [4.69, 9.17) is 4.74 Å². The third-order valence-electron chi connectivity index (χ3n) is 3.32. The van der Waals surface area contributed by atoms with E-state index in [2.05, 4.69) is 58.1 Å². The molecule has 0 heterocycles. The minimum absolute atomic E-state index is 0.111. The maximum Gasteiger partial charge on any atom is 0.124 e. The quantitative estimate of drug-likeness (QED) is 0.777. The van der Waals surface area contributed by atoms with Crippen molar-refractivity contribution in [2.45, 2.75) is 59.1 Å². The number of hydrogen-bond donors (Lipinski definition) is 1. The van der Waals surface area contributed by atoms with Gasteiger partial charge in [0.25, 0.3) is 0 Å². The Morgan fingerprint density at radius 2 is 1.89 bits per heavy atom. The summed E-state index contributed by atoms with van der Waals surface area (Å²) in [6, 6.07) is 8.65. The zero-order valence-electron chi connectivity index (χ0n) is 12.4. The van der Waals surface area contributed by atoms with E-state index in [1.807, 2.05) is 6.07 Å².